The molecule has 5 rings (SSSR count). The van der Waals surface area contributed by atoms with Crippen LogP contribution in [0.25, 0.3) is 27.8 Å². The van der Waals surface area contributed by atoms with E-state index in [0.717, 1.165) is 10.9 Å². The molecule has 0 spiro atoms. The molecule has 1 amide bonds. The third kappa shape index (κ3) is 4.84. The van der Waals surface area contributed by atoms with E-state index in [9.17, 15) is 18.0 Å². The van der Waals surface area contributed by atoms with Gasteiger partial charge < -0.3 is 10.1 Å². The smallest absolute Gasteiger partial charge is 0.337 e. The lowest BCUT2D eigenvalue weighted by molar-refractivity contribution is 0.0600. The Bertz CT molecular complexity index is 1660. The van der Waals surface area contributed by atoms with Gasteiger partial charge in [0.1, 0.15) is 5.69 Å². The van der Waals surface area contributed by atoms with E-state index in [1.807, 2.05) is 18.2 Å². The monoisotopic (exact) mass is 537 g/mol. The van der Waals surface area contributed by atoms with Crippen molar-refractivity contribution in [2.75, 3.05) is 18.6 Å². The molecular weight excluding hydrogens is 514 g/mol. The van der Waals surface area contributed by atoms with E-state index in [1.165, 1.54) is 7.11 Å². The van der Waals surface area contributed by atoms with Gasteiger partial charge in [-0.25, -0.2) is 17.9 Å². The Labute approximate surface area is 219 Å². The Morgan fingerprint density at radius 1 is 1.05 bits per heavy atom. The minimum absolute atomic E-state index is 0.0489. The van der Waals surface area contributed by atoms with Crippen LogP contribution >= 0.6 is 11.6 Å². The molecule has 4 aromatic rings. The molecule has 1 aromatic heterocycles. The molecule has 0 aliphatic carbocycles. The van der Waals surface area contributed by atoms with Gasteiger partial charge in [0, 0.05) is 16.5 Å². The fraction of sp³-hybridized carbons (Fsp3) is 0.222. The molecule has 0 saturated carbocycles. The molecule has 0 radical (unpaired) electrons. The second kappa shape index (κ2) is 9.32. The van der Waals surface area contributed by atoms with Crippen molar-refractivity contribution in [3.8, 4) is 16.9 Å². The minimum Gasteiger partial charge on any atom is -0.465 e. The molecule has 1 aliphatic heterocycles. The van der Waals surface area contributed by atoms with Gasteiger partial charge in [0.25, 0.3) is 5.91 Å². The second-order valence-electron chi connectivity index (χ2n) is 9.37. The molecule has 10 heteroatoms. The fourth-order valence-corrected chi connectivity index (χ4v) is 6.96. The molecule has 1 aliphatic rings. The number of aromatic nitrogens is 2. The van der Waals surface area contributed by atoms with Gasteiger partial charge in [-0.3, -0.25) is 4.79 Å². The summed E-state index contributed by atoms with van der Waals surface area (Å²) in [6, 6.07) is 19.3. The van der Waals surface area contributed by atoms with Gasteiger partial charge in [0.2, 0.25) is 0 Å². The lowest BCUT2D eigenvalue weighted by Crippen LogP contribution is -2.46. The number of carbonyl (C=O) groups excluding carboxylic acids is 2. The Hall–Kier alpha value is -3.69. The van der Waals surface area contributed by atoms with Crippen molar-refractivity contribution in [2.24, 2.45) is 0 Å². The summed E-state index contributed by atoms with van der Waals surface area (Å²) < 4.78 is 30.5. The first kappa shape index (κ1) is 25.0. The van der Waals surface area contributed by atoms with Gasteiger partial charge in [-0.15, -0.1) is 0 Å². The molecule has 0 bridgehead atoms. The molecule has 8 nitrogen and oxygen atoms in total. The van der Waals surface area contributed by atoms with Gasteiger partial charge in [-0.2, -0.15) is 5.10 Å². The van der Waals surface area contributed by atoms with Crippen LogP contribution < -0.4 is 5.32 Å². The van der Waals surface area contributed by atoms with Crippen LogP contribution in [0.3, 0.4) is 0 Å². The number of rotatable bonds is 5. The number of ether oxygens (including phenoxy) is 1. The Morgan fingerprint density at radius 2 is 1.84 bits per heavy atom. The Morgan fingerprint density at radius 3 is 2.54 bits per heavy atom. The van der Waals surface area contributed by atoms with Crippen molar-refractivity contribution in [1.82, 2.24) is 15.1 Å². The van der Waals surface area contributed by atoms with Crippen molar-refractivity contribution in [3.05, 3.63) is 82.9 Å². The lowest BCUT2D eigenvalue weighted by Gasteiger charge is -2.23. The number of halogens is 1. The summed E-state index contributed by atoms with van der Waals surface area (Å²) in [7, 11) is -1.87. The zero-order valence-corrected chi connectivity index (χ0v) is 21.8. The highest BCUT2D eigenvalue weighted by Crippen LogP contribution is 2.35. The number of esters is 1. The van der Waals surface area contributed by atoms with Gasteiger partial charge in [-0.1, -0.05) is 35.9 Å². The highest BCUT2D eigenvalue weighted by Gasteiger charge is 2.39. The first-order valence-electron chi connectivity index (χ1n) is 11.6. The first-order chi connectivity index (χ1) is 17.6. The maximum atomic E-state index is 13.2. The van der Waals surface area contributed by atoms with E-state index >= 15 is 0 Å². The van der Waals surface area contributed by atoms with E-state index in [4.69, 9.17) is 21.4 Å². The normalized spacial score (nSPS) is 18.6. The summed E-state index contributed by atoms with van der Waals surface area (Å²) in [5, 5.41) is 9.00. The number of methoxy groups -OCH3 is 1. The minimum atomic E-state index is -3.18. The highest BCUT2D eigenvalue weighted by molar-refractivity contribution is 7.91. The molecule has 37 heavy (non-hydrogen) atoms. The summed E-state index contributed by atoms with van der Waals surface area (Å²) in [5.74, 6) is -0.905. The Balaban J connectivity index is 1.64. The third-order valence-electron chi connectivity index (χ3n) is 6.50. The topological polar surface area (TPSA) is 107 Å². The predicted octanol–water partition coefficient (Wildman–Crippen LogP) is 4.44. The van der Waals surface area contributed by atoms with Crippen molar-refractivity contribution >= 4 is 44.2 Å². The third-order valence-corrected chi connectivity index (χ3v) is 8.74. The number of nitrogens with one attached hydrogen (secondary N) is 1. The SMILES string of the molecule is COC(=O)c1cccc(-n2nc(-c3ccccc3Cl)c3ccc(C(=O)NC4(C)CCS(=O)(=O)C4)cc32)c1. The van der Waals surface area contributed by atoms with Crippen LogP contribution in [-0.4, -0.2) is 54.2 Å². The maximum absolute atomic E-state index is 13.2. The van der Waals surface area contributed by atoms with Crippen molar-refractivity contribution in [3.63, 3.8) is 0 Å². The van der Waals surface area contributed by atoms with E-state index in [0.29, 0.717) is 39.5 Å². The number of benzene rings is 3. The van der Waals surface area contributed by atoms with Crippen LogP contribution in [0.5, 0.6) is 0 Å². The molecule has 1 saturated heterocycles. The van der Waals surface area contributed by atoms with Crippen molar-refractivity contribution in [1.29, 1.82) is 0 Å². The van der Waals surface area contributed by atoms with Crippen LogP contribution in [0, 0.1) is 0 Å². The molecule has 1 unspecified atom stereocenters. The Kier molecular flexibility index (Phi) is 6.29. The summed E-state index contributed by atoms with van der Waals surface area (Å²) in [6.07, 6.45) is 0.359. The quantitative estimate of drug-likeness (QED) is 0.377. The number of nitrogens with zero attached hydrogens (tertiary/aromatic N) is 2. The van der Waals surface area contributed by atoms with Crippen LogP contribution in [0.4, 0.5) is 0 Å². The van der Waals surface area contributed by atoms with E-state index in [-0.39, 0.29) is 17.4 Å². The van der Waals surface area contributed by atoms with E-state index in [2.05, 4.69) is 5.32 Å². The summed E-state index contributed by atoms with van der Waals surface area (Å²) in [6.45, 7) is 1.74. The van der Waals surface area contributed by atoms with Gasteiger partial charge in [0.15, 0.2) is 9.84 Å². The second-order valence-corrected chi connectivity index (χ2v) is 12.0. The molecule has 3 aromatic carbocycles. The molecular formula is C27H24ClN3O5S. The number of fused-ring (bicyclic) bond motifs is 1. The highest BCUT2D eigenvalue weighted by atomic mass is 35.5. The lowest BCUT2D eigenvalue weighted by atomic mass is 10.0. The summed E-state index contributed by atoms with van der Waals surface area (Å²) in [4.78, 5) is 25.4. The summed E-state index contributed by atoms with van der Waals surface area (Å²) >= 11 is 6.49. The predicted molar refractivity (Wildman–Crippen MR) is 142 cm³/mol. The number of hydrogen-bond donors (Lipinski definition) is 1. The number of carbonyl (C=O) groups is 2. The average Bonchev–Trinajstić information content (AvgIpc) is 3.39. The zero-order chi connectivity index (χ0) is 26.4. The van der Waals surface area contributed by atoms with E-state index in [1.54, 1.807) is 60.1 Å². The van der Waals surface area contributed by atoms with Gasteiger partial charge >= 0.3 is 5.97 Å². The van der Waals surface area contributed by atoms with Crippen molar-refractivity contribution < 1.29 is 22.7 Å². The molecule has 1 N–H and O–H groups in total. The standard InChI is InChI=1S/C27H24ClN3O5S/c1-27(12-13-37(34,35)16-27)29-25(32)17-10-11-21-23(15-17)31(19-7-5-6-18(14-19)26(33)36-2)30-24(21)20-8-3-4-9-22(20)28/h3-11,14-15H,12-13,16H2,1-2H3,(H,29,32). The van der Waals surface area contributed by atoms with Crippen LogP contribution in [0.2, 0.25) is 5.02 Å². The molecule has 1 fully saturated rings. The largest absolute Gasteiger partial charge is 0.465 e. The first-order valence-corrected chi connectivity index (χ1v) is 13.8. The van der Waals surface area contributed by atoms with E-state index < -0.39 is 21.3 Å². The molecule has 190 valence electrons. The maximum Gasteiger partial charge on any atom is 0.337 e. The van der Waals surface area contributed by atoms with Crippen LogP contribution in [-0.2, 0) is 14.6 Å². The fourth-order valence-electron chi connectivity index (χ4n) is 4.64. The number of hydrogen-bond acceptors (Lipinski definition) is 6. The van der Waals surface area contributed by atoms with Crippen LogP contribution in [0.1, 0.15) is 34.1 Å². The van der Waals surface area contributed by atoms with Gasteiger partial charge in [0.05, 0.1) is 45.9 Å². The molecule has 1 atom stereocenters. The molecule has 2 heterocycles. The number of sulfone groups is 1. The zero-order valence-electron chi connectivity index (χ0n) is 20.2. The van der Waals surface area contributed by atoms with Crippen LogP contribution in [0.15, 0.2) is 66.7 Å². The number of amides is 1. The van der Waals surface area contributed by atoms with Crippen molar-refractivity contribution in [2.45, 2.75) is 18.9 Å². The average molecular weight is 538 g/mol. The summed E-state index contributed by atoms with van der Waals surface area (Å²) in [5.41, 5.74) is 2.43. The van der Waals surface area contributed by atoms with Gasteiger partial charge in [-0.05, 0) is 55.8 Å².